The van der Waals surface area contributed by atoms with Crippen molar-refractivity contribution in [3.8, 4) is 5.75 Å². The maximum absolute atomic E-state index is 12.0. The molecular weight excluding hydrogens is 286 g/mol. The lowest BCUT2D eigenvalue weighted by molar-refractivity contribution is -0.386. The number of hydrogen-bond donors (Lipinski definition) is 2. The Balaban J connectivity index is 2.88. The summed E-state index contributed by atoms with van der Waals surface area (Å²) in [6.07, 6.45) is 0. The molecule has 0 bridgehead atoms. The van der Waals surface area contributed by atoms with Crippen molar-refractivity contribution in [1.29, 1.82) is 0 Å². The predicted molar refractivity (Wildman–Crippen MR) is 73.1 cm³/mol. The first kappa shape index (κ1) is 16.3. The van der Waals surface area contributed by atoms with Gasteiger partial charge in [-0.2, -0.15) is 0 Å². The Morgan fingerprint density at radius 2 is 2.10 bits per heavy atom. The average molecular weight is 303 g/mol. The summed E-state index contributed by atoms with van der Waals surface area (Å²) in [6, 6.07) is 2.94. The summed E-state index contributed by atoms with van der Waals surface area (Å²) in [4.78, 5) is 11.5. The summed E-state index contributed by atoms with van der Waals surface area (Å²) in [5.74, 6) is -0.570. The maximum Gasteiger partial charge on any atom is 0.312 e. The van der Waals surface area contributed by atoms with Crippen LogP contribution >= 0.6 is 0 Å². The van der Waals surface area contributed by atoms with Crippen molar-refractivity contribution in [2.24, 2.45) is 0 Å². The number of sulfonamides is 1. The third-order valence-corrected chi connectivity index (χ3v) is 4.24. The molecule has 0 amide bonds. The fourth-order valence-corrected chi connectivity index (χ4v) is 2.47. The van der Waals surface area contributed by atoms with Crippen molar-refractivity contribution < 1.29 is 18.4 Å². The summed E-state index contributed by atoms with van der Waals surface area (Å²) in [5, 5.41) is 20.0. The van der Waals surface area contributed by atoms with Crippen LogP contribution in [0.4, 0.5) is 5.69 Å². The molecule has 0 aliphatic heterocycles. The Morgan fingerprint density at radius 3 is 2.65 bits per heavy atom. The lowest BCUT2D eigenvalue weighted by Crippen LogP contribution is -2.32. The number of phenolic OH excluding ortho intramolecular Hbond substituents is 1. The molecule has 0 saturated carbocycles. The molecule has 0 saturated heterocycles. The monoisotopic (exact) mass is 303 g/mol. The van der Waals surface area contributed by atoms with Crippen LogP contribution in [0.2, 0.25) is 0 Å². The number of nitrogens with one attached hydrogen (secondary N) is 1. The van der Waals surface area contributed by atoms with Gasteiger partial charge in [-0.3, -0.25) is 10.1 Å². The number of likely N-dealkylation sites (N-methyl/N-ethyl adjacent to an activating group) is 1. The zero-order chi connectivity index (χ0) is 15.3. The van der Waals surface area contributed by atoms with Gasteiger partial charge in [0.1, 0.15) is 0 Å². The van der Waals surface area contributed by atoms with E-state index in [-0.39, 0.29) is 11.4 Å². The van der Waals surface area contributed by atoms with Crippen LogP contribution in [0.15, 0.2) is 23.1 Å². The molecule has 112 valence electrons. The van der Waals surface area contributed by atoms with E-state index >= 15 is 0 Å². The Morgan fingerprint density at radius 1 is 1.45 bits per heavy atom. The minimum Gasteiger partial charge on any atom is -0.502 e. The highest BCUT2D eigenvalue weighted by atomic mass is 32.2. The molecule has 0 spiro atoms. The van der Waals surface area contributed by atoms with Crippen molar-refractivity contribution in [1.82, 2.24) is 9.62 Å². The number of hydrogen-bond acceptors (Lipinski definition) is 6. The molecule has 0 fully saturated rings. The Kier molecular flexibility index (Phi) is 5.43. The number of nitro benzene ring substituents is 1. The topological polar surface area (TPSA) is 113 Å². The van der Waals surface area contributed by atoms with Gasteiger partial charge in [0.05, 0.1) is 9.82 Å². The van der Waals surface area contributed by atoms with Crippen LogP contribution in [0, 0.1) is 10.1 Å². The SMILES string of the molecule is CCN(C)CCNS(=O)(=O)c1ccc(O)c([N+](=O)[O-])c1. The number of phenols is 1. The van der Waals surface area contributed by atoms with Crippen LogP contribution in [0.5, 0.6) is 5.75 Å². The summed E-state index contributed by atoms with van der Waals surface area (Å²) in [5.41, 5.74) is -0.640. The standard InChI is InChI=1S/C11H17N3O5S/c1-3-13(2)7-6-12-20(18,19)9-4-5-11(15)10(8-9)14(16)17/h4-5,8,12,15H,3,6-7H2,1-2H3. The van der Waals surface area contributed by atoms with Crippen LogP contribution < -0.4 is 4.72 Å². The molecule has 2 N–H and O–H groups in total. The zero-order valence-corrected chi connectivity index (χ0v) is 12.1. The molecule has 1 aromatic carbocycles. The number of nitro groups is 1. The van der Waals surface area contributed by atoms with Gasteiger partial charge in [0, 0.05) is 19.2 Å². The maximum atomic E-state index is 12.0. The molecule has 0 radical (unpaired) electrons. The highest BCUT2D eigenvalue weighted by Gasteiger charge is 2.20. The second kappa shape index (κ2) is 6.64. The average Bonchev–Trinajstić information content (AvgIpc) is 2.38. The molecule has 1 aromatic rings. The minimum atomic E-state index is -3.83. The van der Waals surface area contributed by atoms with E-state index in [2.05, 4.69) is 4.72 Å². The molecule has 20 heavy (non-hydrogen) atoms. The normalized spacial score (nSPS) is 11.8. The Labute approximate surface area is 117 Å². The van der Waals surface area contributed by atoms with Crippen molar-refractivity contribution in [3.05, 3.63) is 28.3 Å². The fraction of sp³-hybridized carbons (Fsp3) is 0.455. The summed E-state index contributed by atoms with van der Waals surface area (Å²) < 4.78 is 26.3. The second-order valence-corrected chi connectivity index (χ2v) is 5.97. The Hall–Kier alpha value is -1.71. The van der Waals surface area contributed by atoms with Gasteiger partial charge in [-0.25, -0.2) is 13.1 Å². The third kappa shape index (κ3) is 4.15. The van der Waals surface area contributed by atoms with Crippen molar-refractivity contribution in [3.63, 3.8) is 0 Å². The third-order valence-electron chi connectivity index (χ3n) is 2.78. The molecule has 1 rings (SSSR count). The van der Waals surface area contributed by atoms with Crippen LogP contribution in [-0.2, 0) is 10.0 Å². The van der Waals surface area contributed by atoms with Crippen molar-refractivity contribution >= 4 is 15.7 Å². The van der Waals surface area contributed by atoms with E-state index < -0.39 is 26.4 Å². The van der Waals surface area contributed by atoms with Crippen LogP contribution in [-0.4, -0.2) is 50.0 Å². The van der Waals surface area contributed by atoms with Crippen LogP contribution in [0.1, 0.15) is 6.92 Å². The van der Waals surface area contributed by atoms with Gasteiger partial charge in [-0.1, -0.05) is 6.92 Å². The smallest absolute Gasteiger partial charge is 0.312 e. The fourth-order valence-electron chi connectivity index (χ4n) is 1.43. The molecule has 0 aliphatic rings. The van der Waals surface area contributed by atoms with Gasteiger partial charge in [0.2, 0.25) is 10.0 Å². The lowest BCUT2D eigenvalue weighted by atomic mass is 10.3. The van der Waals surface area contributed by atoms with Crippen LogP contribution in [0.25, 0.3) is 0 Å². The van der Waals surface area contributed by atoms with Gasteiger partial charge in [0.15, 0.2) is 5.75 Å². The van der Waals surface area contributed by atoms with Gasteiger partial charge >= 0.3 is 5.69 Å². The quantitative estimate of drug-likeness (QED) is 0.561. The molecule has 0 aromatic heterocycles. The highest BCUT2D eigenvalue weighted by Crippen LogP contribution is 2.27. The molecule has 0 heterocycles. The summed E-state index contributed by atoms with van der Waals surface area (Å²) in [7, 11) is -1.98. The van der Waals surface area contributed by atoms with E-state index in [1.807, 2.05) is 18.9 Å². The number of aromatic hydroxyl groups is 1. The first-order chi connectivity index (χ1) is 9.27. The van der Waals surface area contributed by atoms with E-state index in [0.29, 0.717) is 6.54 Å². The van der Waals surface area contributed by atoms with Gasteiger partial charge < -0.3 is 10.0 Å². The van der Waals surface area contributed by atoms with Crippen molar-refractivity contribution in [2.45, 2.75) is 11.8 Å². The molecule has 0 unspecified atom stereocenters. The minimum absolute atomic E-state index is 0.196. The van der Waals surface area contributed by atoms with Crippen molar-refractivity contribution in [2.75, 3.05) is 26.7 Å². The van der Waals surface area contributed by atoms with Gasteiger partial charge in [0.25, 0.3) is 0 Å². The second-order valence-electron chi connectivity index (χ2n) is 4.20. The van der Waals surface area contributed by atoms with E-state index in [4.69, 9.17) is 0 Å². The molecule has 0 atom stereocenters. The van der Waals surface area contributed by atoms with E-state index in [0.717, 1.165) is 24.7 Å². The lowest BCUT2D eigenvalue weighted by Gasteiger charge is -2.14. The largest absolute Gasteiger partial charge is 0.502 e. The van der Waals surface area contributed by atoms with E-state index in [1.54, 1.807) is 0 Å². The Bertz CT molecular complexity index is 588. The van der Waals surface area contributed by atoms with Crippen LogP contribution in [0.3, 0.4) is 0 Å². The molecular formula is C11H17N3O5S. The number of rotatable bonds is 7. The number of nitrogens with zero attached hydrogens (tertiary/aromatic N) is 2. The first-order valence-electron chi connectivity index (χ1n) is 5.93. The zero-order valence-electron chi connectivity index (χ0n) is 11.2. The van der Waals surface area contributed by atoms with Gasteiger partial charge in [-0.15, -0.1) is 0 Å². The molecule has 0 aliphatic carbocycles. The number of benzene rings is 1. The molecule has 9 heteroatoms. The highest BCUT2D eigenvalue weighted by molar-refractivity contribution is 7.89. The van der Waals surface area contributed by atoms with E-state index in [1.165, 1.54) is 0 Å². The summed E-state index contributed by atoms with van der Waals surface area (Å²) >= 11 is 0. The summed E-state index contributed by atoms with van der Waals surface area (Å²) in [6.45, 7) is 3.45. The first-order valence-corrected chi connectivity index (χ1v) is 7.42. The predicted octanol–water partition coefficient (Wildman–Crippen LogP) is 0.530. The molecule has 8 nitrogen and oxygen atoms in total. The van der Waals surface area contributed by atoms with Gasteiger partial charge in [-0.05, 0) is 25.7 Å². The van der Waals surface area contributed by atoms with E-state index in [9.17, 15) is 23.6 Å².